The van der Waals surface area contributed by atoms with Crippen LogP contribution < -0.4 is 0 Å². The van der Waals surface area contributed by atoms with Gasteiger partial charge in [-0.15, -0.1) is 6.42 Å². The minimum Gasteiger partial charge on any atom is -0.377 e. The van der Waals surface area contributed by atoms with Crippen LogP contribution in [0, 0.1) is 46.8 Å². The fraction of sp³-hybridized carbons (Fsp3) is 0.857. The first-order chi connectivity index (χ1) is 10.8. The maximum Gasteiger partial charge on any atom is 0.133 e. The number of ketones is 1. The smallest absolute Gasteiger partial charge is 0.133 e. The van der Waals surface area contributed by atoms with Crippen LogP contribution in [0.4, 0.5) is 0 Å². The number of rotatable bonds is 0. The highest BCUT2D eigenvalue weighted by Crippen LogP contribution is 2.67. The molecule has 0 spiro atoms. The van der Waals surface area contributed by atoms with Crippen molar-refractivity contribution in [1.82, 2.24) is 0 Å². The lowest BCUT2D eigenvalue weighted by molar-refractivity contribution is -0.147. The first kappa shape index (κ1) is 15.7. The summed E-state index contributed by atoms with van der Waals surface area (Å²) in [7, 11) is 0. The van der Waals surface area contributed by atoms with Gasteiger partial charge in [0.25, 0.3) is 0 Å². The van der Waals surface area contributed by atoms with Crippen molar-refractivity contribution >= 4 is 5.78 Å². The third-order valence-corrected chi connectivity index (χ3v) is 8.87. The third-order valence-electron chi connectivity index (χ3n) is 8.87. The average Bonchev–Trinajstić information content (AvgIpc) is 2.80. The molecule has 1 N–H and O–H groups in total. The van der Waals surface area contributed by atoms with E-state index in [1.807, 2.05) is 0 Å². The van der Waals surface area contributed by atoms with E-state index < -0.39 is 5.60 Å². The van der Waals surface area contributed by atoms with Gasteiger partial charge in [-0.05, 0) is 74.0 Å². The molecule has 4 aliphatic carbocycles. The highest BCUT2D eigenvalue weighted by Gasteiger charge is 2.64. The Balaban J connectivity index is 1.66. The highest BCUT2D eigenvalue weighted by atomic mass is 16.3. The molecule has 0 aromatic rings. The largest absolute Gasteiger partial charge is 0.377 e. The van der Waals surface area contributed by atoms with E-state index in [4.69, 9.17) is 6.42 Å². The van der Waals surface area contributed by atoms with Crippen molar-refractivity contribution in [3.05, 3.63) is 0 Å². The fourth-order valence-electron chi connectivity index (χ4n) is 7.30. The molecule has 126 valence electrons. The normalized spacial score (nSPS) is 55.5. The molecule has 4 unspecified atom stereocenters. The number of hydrogen-bond acceptors (Lipinski definition) is 2. The van der Waals surface area contributed by atoms with Crippen LogP contribution in [0.1, 0.15) is 71.6 Å². The number of fused-ring (bicyclic) bond motifs is 5. The molecule has 0 radical (unpaired) electrons. The molecule has 0 amide bonds. The summed E-state index contributed by atoms with van der Waals surface area (Å²) in [5, 5.41) is 11.0. The van der Waals surface area contributed by atoms with Crippen molar-refractivity contribution in [1.29, 1.82) is 0 Å². The van der Waals surface area contributed by atoms with Crippen molar-refractivity contribution in [2.45, 2.75) is 77.2 Å². The molecule has 0 aromatic carbocycles. The second-order valence-corrected chi connectivity index (χ2v) is 9.40. The van der Waals surface area contributed by atoms with Crippen LogP contribution in [0.5, 0.6) is 0 Å². The van der Waals surface area contributed by atoms with Gasteiger partial charge >= 0.3 is 0 Å². The Morgan fingerprint density at radius 1 is 1.09 bits per heavy atom. The Labute approximate surface area is 140 Å². The molecule has 4 rings (SSSR count). The zero-order valence-electron chi connectivity index (χ0n) is 14.6. The van der Waals surface area contributed by atoms with Crippen LogP contribution in [-0.2, 0) is 4.79 Å². The van der Waals surface area contributed by atoms with Gasteiger partial charge in [-0.25, -0.2) is 0 Å². The Bertz CT molecular complexity index is 575. The molecule has 0 aromatic heterocycles. The Kier molecular flexibility index (Phi) is 3.31. The molecule has 0 aliphatic heterocycles. The SMILES string of the molecule is C#C[C@]1(O)CCC2C3CC[C@H]4CC(=O)CCC4(C)C3CC[C@@]21C. The van der Waals surface area contributed by atoms with E-state index >= 15 is 0 Å². The van der Waals surface area contributed by atoms with Crippen LogP contribution in [0.25, 0.3) is 0 Å². The molecular formula is C21H30O2. The zero-order chi connectivity index (χ0) is 16.5. The maximum atomic E-state index is 11.9. The summed E-state index contributed by atoms with van der Waals surface area (Å²) in [4.78, 5) is 11.9. The van der Waals surface area contributed by atoms with Gasteiger partial charge in [0.05, 0.1) is 0 Å². The Morgan fingerprint density at radius 3 is 2.57 bits per heavy atom. The standard InChI is InChI=1S/C21H30O2/c1-4-21(23)12-9-18-16-6-5-14-13-15(22)7-10-19(14,2)17(16)8-11-20(18,21)3/h1,14,16-18,23H,5-13H2,2-3H3/t14-,16?,17?,18?,19?,20-,21-/m0/s1. The molecule has 0 saturated heterocycles. The number of carbonyl (C=O) groups excluding carboxylic acids is 1. The predicted molar refractivity (Wildman–Crippen MR) is 90.5 cm³/mol. The van der Waals surface area contributed by atoms with Gasteiger partial charge in [-0.1, -0.05) is 19.8 Å². The number of aliphatic hydroxyl groups is 1. The van der Waals surface area contributed by atoms with Crippen LogP contribution in [0.15, 0.2) is 0 Å². The summed E-state index contributed by atoms with van der Waals surface area (Å²) < 4.78 is 0. The molecule has 4 aliphatic rings. The predicted octanol–water partition coefficient (Wildman–Crippen LogP) is 3.96. The van der Waals surface area contributed by atoms with E-state index in [1.54, 1.807) is 0 Å². The monoisotopic (exact) mass is 314 g/mol. The van der Waals surface area contributed by atoms with E-state index in [-0.39, 0.29) is 5.41 Å². The summed E-state index contributed by atoms with van der Waals surface area (Å²) >= 11 is 0. The lowest BCUT2D eigenvalue weighted by atomic mass is 9.44. The molecule has 4 saturated carbocycles. The van der Waals surface area contributed by atoms with E-state index in [0.29, 0.717) is 29.0 Å². The second kappa shape index (κ2) is 4.85. The van der Waals surface area contributed by atoms with Gasteiger partial charge in [0.2, 0.25) is 0 Å². The van der Waals surface area contributed by atoms with Crippen molar-refractivity contribution < 1.29 is 9.90 Å². The van der Waals surface area contributed by atoms with Gasteiger partial charge in [0, 0.05) is 18.3 Å². The quantitative estimate of drug-likeness (QED) is 0.687. The van der Waals surface area contributed by atoms with E-state index in [1.165, 1.54) is 19.3 Å². The van der Waals surface area contributed by atoms with Crippen LogP contribution in [-0.4, -0.2) is 16.5 Å². The Hall–Kier alpha value is -0.810. The maximum absolute atomic E-state index is 11.9. The third kappa shape index (κ3) is 1.89. The zero-order valence-corrected chi connectivity index (χ0v) is 14.6. The fourth-order valence-corrected chi connectivity index (χ4v) is 7.30. The minimum atomic E-state index is -0.900. The molecule has 7 atom stereocenters. The minimum absolute atomic E-state index is 0.101. The van der Waals surface area contributed by atoms with Crippen molar-refractivity contribution in [2.24, 2.45) is 34.5 Å². The molecule has 2 heteroatoms. The summed E-state index contributed by atoms with van der Waals surface area (Å²) in [6.45, 7) is 4.71. The lowest BCUT2D eigenvalue weighted by Gasteiger charge is -2.60. The van der Waals surface area contributed by atoms with Crippen molar-refractivity contribution in [3.63, 3.8) is 0 Å². The summed E-state index contributed by atoms with van der Waals surface area (Å²) in [5.74, 6) is 5.83. The molecular weight excluding hydrogens is 284 g/mol. The van der Waals surface area contributed by atoms with E-state index in [9.17, 15) is 9.90 Å². The molecule has 0 bridgehead atoms. The highest BCUT2D eigenvalue weighted by molar-refractivity contribution is 5.79. The van der Waals surface area contributed by atoms with Gasteiger partial charge < -0.3 is 5.11 Å². The lowest BCUT2D eigenvalue weighted by Crippen LogP contribution is -2.56. The van der Waals surface area contributed by atoms with E-state index in [2.05, 4.69) is 19.8 Å². The molecule has 4 fully saturated rings. The topological polar surface area (TPSA) is 37.3 Å². The van der Waals surface area contributed by atoms with Crippen LogP contribution >= 0.6 is 0 Å². The first-order valence-corrected chi connectivity index (χ1v) is 9.56. The Morgan fingerprint density at radius 2 is 1.83 bits per heavy atom. The number of Topliss-reactive ketones (excluding diaryl/α,β-unsaturated/α-hetero) is 1. The van der Waals surface area contributed by atoms with Gasteiger partial charge in [0.1, 0.15) is 11.4 Å². The number of carbonyl (C=O) groups is 1. The van der Waals surface area contributed by atoms with Crippen molar-refractivity contribution in [2.75, 3.05) is 0 Å². The van der Waals surface area contributed by atoms with E-state index in [0.717, 1.165) is 44.4 Å². The summed E-state index contributed by atoms with van der Waals surface area (Å²) in [6.07, 6.45) is 14.9. The van der Waals surface area contributed by atoms with Gasteiger partial charge in [0.15, 0.2) is 0 Å². The van der Waals surface area contributed by atoms with Crippen molar-refractivity contribution in [3.8, 4) is 12.3 Å². The average molecular weight is 314 g/mol. The first-order valence-electron chi connectivity index (χ1n) is 9.56. The second-order valence-electron chi connectivity index (χ2n) is 9.40. The number of hydrogen-bond donors (Lipinski definition) is 1. The molecule has 0 heterocycles. The van der Waals surface area contributed by atoms with Crippen LogP contribution in [0.2, 0.25) is 0 Å². The van der Waals surface area contributed by atoms with Gasteiger partial charge in [-0.3, -0.25) is 4.79 Å². The summed E-state index contributed by atoms with van der Waals surface area (Å²) in [5.41, 5.74) is -0.658. The molecule has 2 nitrogen and oxygen atoms in total. The van der Waals surface area contributed by atoms with Crippen LogP contribution in [0.3, 0.4) is 0 Å². The van der Waals surface area contributed by atoms with Gasteiger partial charge in [-0.2, -0.15) is 0 Å². The number of terminal acetylenes is 1. The summed E-state index contributed by atoms with van der Waals surface area (Å²) in [6, 6.07) is 0. The molecule has 23 heavy (non-hydrogen) atoms.